The van der Waals surface area contributed by atoms with Crippen molar-refractivity contribution in [3.05, 3.63) is 46.8 Å². The summed E-state index contributed by atoms with van der Waals surface area (Å²) in [6.45, 7) is 6.50. The number of nitrogens with zero attached hydrogens (tertiary/aromatic N) is 1. The van der Waals surface area contributed by atoms with E-state index in [2.05, 4.69) is 4.72 Å². The standard InChI is InChI=1S/C17H22N2O3S2/c1-4-16-9-10-17(23-16)24(21,22)18-15-8-6-7-14(11-15)12-19(5-2)13(3)20/h6-11,18H,4-5,12H2,1-3H3. The fourth-order valence-corrected chi connectivity index (χ4v) is 4.64. The quantitative estimate of drug-likeness (QED) is 0.816. The Hall–Kier alpha value is -1.86. The van der Waals surface area contributed by atoms with Gasteiger partial charge in [0.1, 0.15) is 4.21 Å². The summed E-state index contributed by atoms with van der Waals surface area (Å²) in [7, 11) is -3.58. The number of hydrogen-bond acceptors (Lipinski definition) is 4. The van der Waals surface area contributed by atoms with Crippen molar-refractivity contribution in [3.8, 4) is 0 Å². The largest absolute Gasteiger partial charge is 0.339 e. The van der Waals surface area contributed by atoms with Gasteiger partial charge in [0.15, 0.2) is 0 Å². The summed E-state index contributed by atoms with van der Waals surface area (Å²) in [6, 6.07) is 10.6. The number of hydrogen-bond donors (Lipinski definition) is 1. The van der Waals surface area contributed by atoms with Gasteiger partial charge in [0.05, 0.1) is 0 Å². The molecule has 1 aromatic heterocycles. The summed E-state index contributed by atoms with van der Waals surface area (Å²) in [5, 5.41) is 0. The molecule has 7 heteroatoms. The van der Waals surface area contributed by atoms with Gasteiger partial charge in [0.25, 0.3) is 10.0 Å². The molecule has 0 aliphatic carbocycles. The first-order valence-electron chi connectivity index (χ1n) is 7.81. The van der Waals surface area contributed by atoms with Crippen molar-refractivity contribution in [1.82, 2.24) is 4.90 Å². The zero-order valence-electron chi connectivity index (χ0n) is 14.1. The van der Waals surface area contributed by atoms with Gasteiger partial charge in [0.2, 0.25) is 5.91 Å². The van der Waals surface area contributed by atoms with Crippen LogP contribution in [0.2, 0.25) is 0 Å². The summed E-state index contributed by atoms with van der Waals surface area (Å²) in [5.41, 5.74) is 1.38. The molecule has 2 rings (SSSR count). The third-order valence-electron chi connectivity index (χ3n) is 3.63. The number of carbonyl (C=O) groups is 1. The molecule has 2 aromatic rings. The van der Waals surface area contributed by atoms with E-state index in [4.69, 9.17) is 0 Å². The van der Waals surface area contributed by atoms with Crippen LogP contribution in [0.5, 0.6) is 0 Å². The number of rotatable bonds is 7. The minimum Gasteiger partial charge on any atom is -0.339 e. The lowest BCUT2D eigenvalue weighted by molar-refractivity contribution is -0.129. The van der Waals surface area contributed by atoms with Crippen molar-refractivity contribution in [2.45, 2.75) is 37.9 Å². The Morgan fingerprint density at radius 3 is 2.54 bits per heavy atom. The number of thiophene rings is 1. The zero-order valence-corrected chi connectivity index (χ0v) is 15.7. The van der Waals surface area contributed by atoms with Gasteiger partial charge in [-0.25, -0.2) is 8.42 Å². The molecule has 0 aliphatic heterocycles. The maximum atomic E-state index is 12.5. The van der Waals surface area contributed by atoms with Crippen LogP contribution in [0.4, 0.5) is 5.69 Å². The van der Waals surface area contributed by atoms with Crippen LogP contribution >= 0.6 is 11.3 Å². The molecule has 0 radical (unpaired) electrons. The number of sulfonamides is 1. The smallest absolute Gasteiger partial charge is 0.271 e. The lowest BCUT2D eigenvalue weighted by Gasteiger charge is -2.19. The maximum Gasteiger partial charge on any atom is 0.271 e. The lowest BCUT2D eigenvalue weighted by Crippen LogP contribution is -2.27. The highest BCUT2D eigenvalue weighted by molar-refractivity contribution is 7.94. The SMILES string of the molecule is CCc1ccc(S(=O)(=O)Nc2cccc(CN(CC)C(C)=O)c2)s1. The summed E-state index contributed by atoms with van der Waals surface area (Å²) in [6.07, 6.45) is 0.813. The monoisotopic (exact) mass is 366 g/mol. The molecule has 0 spiro atoms. The molecule has 5 nitrogen and oxygen atoms in total. The molecule has 1 heterocycles. The molecule has 0 bridgehead atoms. The Morgan fingerprint density at radius 1 is 1.21 bits per heavy atom. The Bertz CT molecular complexity index is 813. The molecule has 0 fully saturated rings. The molecule has 0 saturated carbocycles. The average Bonchev–Trinajstić information content (AvgIpc) is 3.02. The second-order valence-corrected chi connectivity index (χ2v) is 8.49. The van der Waals surface area contributed by atoms with Gasteiger partial charge in [0, 0.05) is 30.6 Å². The van der Waals surface area contributed by atoms with Crippen LogP contribution in [0.15, 0.2) is 40.6 Å². The molecular weight excluding hydrogens is 344 g/mol. The minimum absolute atomic E-state index is 0.00540. The second kappa shape index (κ2) is 7.81. The van der Waals surface area contributed by atoms with Gasteiger partial charge in [-0.1, -0.05) is 19.1 Å². The summed E-state index contributed by atoms with van der Waals surface area (Å²) in [4.78, 5) is 14.3. The van der Waals surface area contributed by atoms with Gasteiger partial charge in [-0.05, 0) is 43.2 Å². The van der Waals surface area contributed by atoms with Crippen LogP contribution in [0.1, 0.15) is 31.2 Å². The molecule has 130 valence electrons. The topological polar surface area (TPSA) is 66.5 Å². The number of carbonyl (C=O) groups excluding carboxylic acids is 1. The van der Waals surface area contributed by atoms with E-state index < -0.39 is 10.0 Å². The first kappa shape index (κ1) is 18.5. The fraction of sp³-hybridized carbons (Fsp3) is 0.353. The number of benzene rings is 1. The van der Waals surface area contributed by atoms with Crippen LogP contribution < -0.4 is 4.72 Å². The normalized spacial score (nSPS) is 11.3. The van der Waals surface area contributed by atoms with E-state index in [0.29, 0.717) is 23.0 Å². The van der Waals surface area contributed by atoms with Gasteiger partial charge < -0.3 is 4.90 Å². The van der Waals surface area contributed by atoms with Gasteiger partial charge in [-0.3, -0.25) is 9.52 Å². The van der Waals surface area contributed by atoms with E-state index in [1.807, 2.05) is 26.0 Å². The van der Waals surface area contributed by atoms with Crippen LogP contribution in [-0.4, -0.2) is 25.8 Å². The molecule has 1 amide bonds. The Morgan fingerprint density at radius 2 is 1.96 bits per heavy atom. The molecule has 0 atom stereocenters. The van der Waals surface area contributed by atoms with Crippen LogP contribution in [0, 0.1) is 0 Å². The fourth-order valence-electron chi connectivity index (χ4n) is 2.30. The highest BCUT2D eigenvalue weighted by Crippen LogP contribution is 2.24. The van der Waals surface area contributed by atoms with Crippen LogP contribution in [0.3, 0.4) is 0 Å². The Balaban J connectivity index is 2.18. The molecule has 0 unspecified atom stereocenters. The zero-order chi connectivity index (χ0) is 17.7. The first-order valence-corrected chi connectivity index (χ1v) is 10.1. The predicted molar refractivity (Wildman–Crippen MR) is 97.7 cm³/mol. The molecule has 0 saturated heterocycles. The Labute approximate surface area is 147 Å². The summed E-state index contributed by atoms with van der Waals surface area (Å²) >= 11 is 1.28. The minimum atomic E-state index is -3.58. The van der Waals surface area contributed by atoms with E-state index in [0.717, 1.165) is 16.9 Å². The summed E-state index contributed by atoms with van der Waals surface area (Å²) < 4.78 is 27.8. The molecular formula is C17H22N2O3S2. The van der Waals surface area contributed by atoms with Gasteiger partial charge in [-0.2, -0.15) is 0 Å². The van der Waals surface area contributed by atoms with E-state index in [1.54, 1.807) is 29.2 Å². The number of amides is 1. The summed E-state index contributed by atoms with van der Waals surface area (Å²) in [5.74, 6) is -0.00540. The maximum absolute atomic E-state index is 12.5. The third kappa shape index (κ3) is 4.58. The van der Waals surface area contributed by atoms with Crippen molar-refractivity contribution in [2.75, 3.05) is 11.3 Å². The van der Waals surface area contributed by atoms with E-state index in [-0.39, 0.29) is 5.91 Å². The first-order chi connectivity index (χ1) is 11.4. The van der Waals surface area contributed by atoms with Crippen molar-refractivity contribution < 1.29 is 13.2 Å². The number of aryl methyl sites for hydroxylation is 1. The second-order valence-electron chi connectivity index (χ2n) is 5.41. The van der Waals surface area contributed by atoms with Crippen molar-refractivity contribution >= 4 is 33.0 Å². The van der Waals surface area contributed by atoms with Crippen molar-refractivity contribution in [1.29, 1.82) is 0 Å². The highest BCUT2D eigenvalue weighted by Gasteiger charge is 2.17. The van der Waals surface area contributed by atoms with Crippen LogP contribution in [0.25, 0.3) is 0 Å². The average molecular weight is 367 g/mol. The predicted octanol–water partition coefficient (Wildman–Crippen LogP) is 3.48. The van der Waals surface area contributed by atoms with E-state index in [1.165, 1.54) is 18.3 Å². The highest BCUT2D eigenvalue weighted by atomic mass is 32.2. The van der Waals surface area contributed by atoms with Crippen molar-refractivity contribution in [3.63, 3.8) is 0 Å². The third-order valence-corrected chi connectivity index (χ3v) is 6.73. The molecule has 1 aromatic carbocycles. The number of nitrogens with one attached hydrogen (secondary N) is 1. The lowest BCUT2D eigenvalue weighted by atomic mass is 10.2. The van der Waals surface area contributed by atoms with E-state index in [9.17, 15) is 13.2 Å². The number of anilines is 1. The van der Waals surface area contributed by atoms with Crippen molar-refractivity contribution in [2.24, 2.45) is 0 Å². The molecule has 24 heavy (non-hydrogen) atoms. The van der Waals surface area contributed by atoms with Crippen LogP contribution in [-0.2, 0) is 27.8 Å². The molecule has 1 N–H and O–H groups in total. The van der Waals surface area contributed by atoms with E-state index >= 15 is 0 Å². The molecule has 0 aliphatic rings. The Kier molecular flexibility index (Phi) is 6.01. The van der Waals surface area contributed by atoms with Gasteiger partial charge in [-0.15, -0.1) is 11.3 Å². The van der Waals surface area contributed by atoms with Gasteiger partial charge >= 0.3 is 0 Å².